The van der Waals surface area contributed by atoms with E-state index in [4.69, 9.17) is 4.74 Å². The van der Waals surface area contributed by atoms with E-state index < -0.39 is 0 Å². The Balaban J connectivity index is 2.19. The van der Waals surface area contributed by atoms with E-state index in [0.29, 0.717) is 4.43 Å². The van der Waals surface area contributed by atoms with Gasteiger partial charge in [-0.3, -0.25) is 4.79 Å². The number of carbonyl (C=O) groups is 1. The summed E-state index contributed by atoms with van der Waals surface area (Å²) in [5, 5.41) is 0. The maximum atomic E-state index is 10.8. The Labute approximate surface area is 80.8 Å². The Morgan fingerprint density at radius 3 is 2.55 bits per heavy atom. The van der Waals surface area contributed by atoms with Gasteiger partial charge in [-0.1, -0.05) is 29.0 Å². The molecule has 1 fully saturated rings. The highest BCUT2D eigenvalue weighted by Gasteiger charge is 2.17. The quantitative estimate of drug-likeness (QED) is 0.436. The number of alkyl halides is 1. The minimum Gasteiger partial charge on any atom is -0.454 e. The molecule has 0 aromatic rings. The summed E-state index contributed by atoms with van der Waals surface area (Å²) in [4.78, 5) is 10.8. The van der Waals surface area contributed by atoms with Gasteiger partial charge in [0.15, 0.2) is 6.10 Å². The molecule has 1 rings (SSSR count). The summed E-state index contributed by atoms with van der Waals surface area (Å²) in [7, 11) is 0. The fourth-order valence-electron chi connectivity index (χ4n) is 1.24. The molecular weight excluding hydrogens is 255 g/mol. The zero-order valence-electron chi connectivity index (χ0n) is 6.44. The Morgan fingerprint density at radius 2 is 2.00 bits per heavy atom. The molecule has 0 N–H and O–H groups in total. The van der Waals surface area contributed by atoms with Crippen molar-refractivity contribution >= 4 is 28.6 Å². The molecule has 11 heavy (non-hydrogen) atoms. The van der Waals surface area contributed by atoms with Crippen LogP contribution in [-0.4, -0.2) is 10.4 Å². The molecule has 1 aliphatic carbocycles. The van der Waals surface area contributed by atoms with E-state index in [2.05, 4.69) is 0 Å². The monoisotopic (exact) mass is 267 g/mol. The lowest BCUT2D eigenvalue weighted by Gasteiger charge is -2.19. The lowest BCUT2D eigenvalue weighted by atomic mass is 9.98. The van der Waals surface area contributed by atoms with Crippen LogP contribution in [0.5, 0.6) is 0 Å². The molecule has 0 bridgehead atoms. The van der Waals surface area contributed by atoms with Gasteiger partial charge in [0.2, 0.25) is 0 Å². The van der Waals surface area contributed by atoms with Gasteiger partial charge in [-0.15, -0.1) is 0 Å². The van der Waals surface area contributed by atoms with Gasteiger partial charge in [0.1, 0.15) is 0 Å². The number of rotatable bonds is 2. The van der Waals surface area contributed by atoms with Crippen molar-refractivity contribution in [1.82, 2.24) is 0 Å². The van der Waals surface area contributed by atoms with Crippen LogP contribution in [0.25, 0.3) is 0 Å². The van der Waals surface area contributed by atoms with Crippen LogP contribution in [0.4, 0.5) is 0 Å². The summed E-state index contributed by atoms with van der Waals surface area (Å²) in [6.07, 6.45) is 6.63. The topological polar surface area (TPSA) is 26.3 Å². The molecule has 0 heterocycles. The molecule has 0 amide bonds. The maximum Gasteiger partial charge on any atom is 0.316 e. The highest BCUT2D eigenvalue weighted by Crippen LogP contribution is 2.26. The van der Waals surface area contributed by atoms with Crippen molar-refractivity contribution < 1.29 is 9.53 Å². The minimum atomic E-state index is -0.0949. The SMILES string of the molecule is O=C(CI)O[C]1CCCCC1. The molecule has 0 saturated heterocycles. The lowest BCUT2D eigenvalue weighted by molar-refractivity contribution is -0.140. The maximum absolute atomic E-state index is 10.8. The first-order valence-electron chi connectivity index (χ1n) is 3.94. The molecule has 2 nitrogen and oxygen atoms in total. The molecule has 1 aliphatic rings. The highest BCUT2D eigenvalue weighted by atomic mass is 127. The van der Waals surface area contributed by atoms with Crippen LogP contribution in [0.15, 0.2) is 0 Å². The summed E-state index contributed by atoms with van der Waals surface area (Å²) < 4.78 is 5.57. The Hall–Kier alpha value is 0.200. The number of esters is 1. The van der Waals surface area contributed by atoms with E-state index in [1.54, 1.807) is 0 Å². The van der Waals surface area contributed by atoms with Gasteiger partial charge in [-0.05, 0) is 25.7 Å². The second kappa shape index (κ2) is 4.95. The van der Waals surface area contributed by atoms with Crippen molar-refractivity contribution in [3.8, 4) is 0 Å². The summed E-state index contributed by atoms with van der Waals surface area (Å²) in [5.41, 5.74) is 0. The average molecular weight is 267 g/mol. The molecule has 3 heteroatoms. The normalized spacial score (nSPS) is 19.7. The Bertz CT molecular complexity index is 130. The molecule has 0 spiro atoms. The third-order valence-corrected chi connectivity index (χ3v) is 2.40. The van der Waals surface area contributed by atoms with Crippen LogP contribution in [0, 0.1) is 6.10 Å². The zero-order valence-corrected chi connectivity index (χ0v) is 8.59. The molecule has 63 valence electrons. The second-order valence-electron chi connectivity index (χ2n) is 2.71. The third kappa shape index (κ3) is 3.40. The first kappa shape index (κ1) is 9.29. The van der Waals surface area contributed by atoms with Crippen molar-refractivity contribution in [3.63, 3.8) is 0 Å². The summed E-state index contributed by atoms with van der Waals surface area (Å²) in [5.74, 6) is -0.0949. The Morgan fingerprint density at radius 1 is 1.36 bits per heavy atom. The van der Waals surface area contributed by atoms with E-state index in [-0.39, 0.29) is 5.97 Å². The van der Waals surface area contributed by atoms with Crippen molar-refractivity contribution in [2.24, 2.45) is 0 Å². The molecule has 1 saturated carbocycles. The van der Waals surface area contributed by atoms with E-state index in [1.807, 2.05) is 22.6 Å². The molecule has 0 atom stereocenters. The van der Waals surface area contributed by atoms with Gasteiger partial charge >= 0.3 is 5.97 Å². The third-order valence-electron chi connectivity index (χ3n) is 1.78. The van der Waals surface area contributed by atoms with Crippen LogP contribution in [-0.2, 0) is 9.53 Å². The molecule has 0 unspecified atom stereocenters. The van der Waals surface area contributed by atoms with Crippen molar-refractivity contribution in [2.45, 2.75) is 32.1 Å². The van der Waals surface area contributed by atoms with Crippen molar-refractivity contribution in [3.05, 3.63) is 6.10 Å². The van der Waals surface area contributed by atoms with Gasteiger partial charge in [0.25, 0.3) is 0 Å². The van der Waals surface area contributed by atoms with E-state index in [9.17, 15) is 4.79 Å². The van der Waals surface area contributed by atoms with Crippen molar-refractivity contribution in [2.75, 3.05) is 4.43 Å². The first-order chi connectivity index (χ1) is 5.33. The smallest absolute Gasteiger partial charge is 0.316 e. The van der Waals surface area contributed by atoms with Gasteiger partial charge in [0.05, 0.1) is 4.43 Å². The van der Waals surface area contributed by atoms with Gasteiger partial charge in [-0.25, -0.2) is 0 Å². The summed E-state index contributed by atoms with van der Waals surface area (Å²) in [6.45, 7) is 0. The molecule has 0 aromatic heterocycles. The van der Waals surface area contributed by atoms with Crippen LogP contribution in [0.1, 0.15) is 32.1 Å². The first-order valence-corrected chi connectivity index (χ1v) is 5.47. The predicted molar refractivity (Wildman–Crippen MR) is 51.3 cm³/mol. The number of ether oxygens (including phenoxy) is 1. The highest BCUT2D eigenvalue weighted by molar-refractivity contribution is 14.1. The standard InChI is InChI=1S/C8H12IO2/c9-6-8(10)11-7-4-2-1-3-5-7/h1-6H2. The fourth-order valence-corrected chi connectivity index (χ4v) is 1.39. The molecule has 1 radical (unpaired) electrons. The minimum absolute atomic E-state index is 0.0949. The van der Waals surface area contributed by atoms with Crippen LogP contribution >= 0.6 is 22.6 Å². The fraction of sp³-hybridized carbons (Fsp3) is 0.750. The van der Waals surface area contributed by atoms with Crippen LogP contribution in [0.3, 0.4) is 0 Å². The van der Waals surface area contributed by atoms with E-state index in [0.717, 1.165) is 18.9 Å². The molecular formula is C8H12IO2. The van der Waals surface area contributed by atoms with E-state index >= 15 is 0 Å². The van der Waals surface area contributed by atoms with Gasteiger partial charge in [0, 0.05) is 0 Å². The largest absolute Gasteiger partial charge is 0.454 e. The van der Waals surface area contributed by atoms with Crippen LogP contribution < -0.4 is 0 Å². The van der Waals surface area contributed by atoms with Gasteiger partial charge in [-0.2, -0.15) is 0 Å². The Kier molecular flexibility index (Phi) is 4.18. The van der Waals surface area contributed by atoms with Gasteiger partial charge < -0.3 is 4.74 Å². The summed E-state index contributed by atoms with van der Waals surface area (Å²) in [6, 6.07) is 0. The number of hydrogen-bond donors (Lipinski definition) is 0. The lowest BCUT2D eigenvalue weighted by Crippen LogP contribution is -2.14. The van der Waals surface area contributed by atoms with E-state index in [1.165, 1.54) is 19.3 Å². The number of hydrogen-bond acceptors (Lipinski definition) is 2. The zero-order chi connectivity index (χ0) is 8.10. The average Bonchev–Trinajstić information content (AvgIpc) is 2.06. The number of halogens is 1. The second-order valence-corrected chi connectivity index (χ2v) is 3.47. The number of carbonyl (C=O) groups excluding carboxylic acids is 1. The summed E-state index contributed by atoms with van der Waals surface area (Å²) >= 11 is 2.02. The van der Waals surface area contributed by atoms with Crippen molar-refractivity contribution in [1.29, 1.82) is 0 Å². The molecule has 0 aromatic carbocycles. The van der Waals surface area contributed by atoms with Crippen LogP contribution in [0.2, 0.25) is 0 Å². The molecule has 0 aliphatic heterocycles. The predicted octanol–water partition coefficient (Wildman–Crippen LogP) is 2.46.